The molecule has 1 fully saturated rings. The molecule has 1 aliphatic heterocycles. The van der Waals surface area contributed by atoms with Crippen molar-refractivity contribution >= 4 is 12.1 Å². The van der Waals surface area contributed by atoms with E-state index in [0.717, 1.165) is 22.3 Å². The highest BCUT2D eigenvalue weighted by molar-refractivity contribution is 5.81. The Kier molecular flexibility index (Phi) is 4.72. The van der Waals surface area contributed by atoms with Gasteiger partial charge in [0.1, 0.15) is 12.6 Å². The number of hydrogen-bond acceptors (Lipinski definition) is 3. The lowest BCUT2D eigenvalue weighted by Gasteiger charge is -2.22. The fourth-order valence-electron chi connectivity index (χ4n) is 4.19. The summed E-state index contributed by atoms with van der Waals surface area (Å²) < 4.78 is 44.4. The molecule has 1 aliphatic carbocycles. The number of ether oxygens (including phenoxy) is 1. The molecular weight excluding hydrogens is 387 g/mol. The summed E-state index contributed by atoms with van der Waals surface area (Å²) in [6.45, 7) is -0.788. The monoisotopic (exact) mass is 405 g/mol. The lowest BCUT2D eigenvalue weighted by Crippen LogP contribution is -2.41. The Balaban J connectivity index is 1.52. The van der Waals surface area contributed by atoms with Crippen LogP contribution in [0.25, 0.3) is 11.1 Å². The fraction of sp³-hybridized carbons (Fsp3) is 0.333. The summed E-state index contributed by atoms with van der Waals surface area (Å²) in [5.41, 5.74) is 3.97. The summed E-state index contributed by atoms with van der Waals surface area (Å²) >= 11 is 0. The number of fused-ring (bicyclic) bond motifs is 3. The van der Waals surface area contributed by atoms with Gasteiger partial charge in [-0.2, -0.15) is 13.2 Å². The van der Waals surface area contributed by atoms with Gasteiger partial charge in [-0.3, -0.25) is 4.90 Å². The summed E-state index contributed by atoms with van der Waals surface area (Å²) in [7, 11) is 0. The lowest BCUT2D eigenvalue weighted by atomic mass is 9.98. The number of likely N-dealkylation sites (tertiary alicyclic amines) is 1. The Morgan fingerprint density at radius 2 is 1.59 bits per heavy atom. The molecule has 0 radical (unpaired) electrons. The molecule has 1 N–H and O–H groups in total. The Morgan fingerprint density at radius 3 is 2.10 bits per heavy atom. The number of halogens is 3. The second kappa shape index (κ2) is 7.09. The van der Waals surface area contributed by atoms with Crippen molar-refractivity contribution in [3.05, 3.63) is 59.7 Å². The summed E-state index contributed by atoms with van der Waals surface area (Å²) in [6.07, 6.45) is -6.26. The summed E-state index contributed by atoms with van der Waals surface area (Å²) in [4.78, 5) is 24.5. The van der Waals surface area contributed by atoms with Crippen molar-refractivity contribution in [2.45, 2.75) is 24.6 Å². The molecule has 0 bridgehead atoms. The smallest absolute Gasteiger partial charge is 0.410 e. The third kappa shape index (κ3) is 3.43. The van der Waals surface area contributed by atoms with E-state index in [2.05, 4.69) is 0 Å². The van der Waals surface area contributed by atoms with E-state index in [-0.39, 0.29) is 12.5 Å². The van der Waals surface area contributed by atoms with Crippen molar-refractivity contribution in [1.29, 1.82) is 0 Å². The van der Waals surface area contributed by atoms with Crippen molar-refractivity contribution in [1.82, 2.24) is 4.90 Å². The number of carbonyl (C=O) groups is 2. The van der Waals surface area contributed by atoms with Crippen molar-refractivity contribution in [2.75, 3.05) is 13.2 Å². The first kappa shape index (κ1) is 19.3. The van der Waals surface area contributed by atoms with Gasteiger partial charge in [0.2, 0.25) is 0 Å². The van der Waals surface area contributed by atoms with Crippen LogP contribution in [-0.4, -0.2) is 47.4 Å². The van der Waals surface area contributed by atoms with Crippen LogP contribution >= 0.6 is 0 Å². The van der Waals surface area contributed by atoms with Crippen LogP contribution < -0.4 is 0 Å². The van der Waals surface area contributed by atoms with Crippen molar-refractivity contribution in [2.24, 2.45) is 5.92 Å². The molecule has 1 amide bonds. The average molecular weight is 405 g/mol. The second-order valence-electron chi connectivity index (χ2n) is 7.28. The highest BCUT2D eigenvalue weighted by atomic mass is 19.4. The Bertz CT molecular complexity index is 913. The molecule has 2 aliphatic rings. The molecule has 2 aromatic rings. The number of carbonyl (C=O) groups excluding carboxylic acids is 1. The van der Waals surface area contributed by atoms with E-state index in [9.17, 15) is 27.9 Å². The molecule has 1 saturated heterocycles. The summed E-state index contributed by atoms with van der Waals surface area (Å²) in [5.74, 6) is -3.59. The molecule has 0 aromatic heterocycles. The highest BCUT2D eigenvalue weighted by Gasteiger charge is 2.51. The molecule has 4 rings (SSSR count). The maximum atomic E-state index is 13.0. The van der Waals surface area contributed by atoms with E-state index < -0.39 is 43.2 Å². The summed E-state index contributed by atoms with van der Waals surface area (Å²) in [6, 6.07) is 13.8. The molecular formula is C21H18F3NO4. The third-order valence-electron chi connectivity index (χ3n) is 5.62. The predicted molar refractivity (Wildman–Crippen MR) is 97.4 cm³/mol. The van der Waals surface area contributed by atoms with Crippen molar-refractivity contribution in [3.63, 3.8) is 0 Å². The maximum Gasteiger partial charge on any atom is 0.410 e. The third-order valence-corrected chi connectivity index (χ3v) is 5.62. The van der Waals surface area contributed by atoms with Gasteiger partial charge in [0.05, 0.1) is 5.92 Å². The van der Waals surface area contributed by atoms with E-state index in [1.165, 1.54) is 0 Å². The van der Waals surface area contributed by atoms with Gasteiger partial charge in [0.15, 0.2) is 0 Å². The standard InChI is InChI=1S/C21H18F3NO4/c22-21(23,24)12-9-18(19(26)27)25(10-12)20(28)29-11-17-15-7-3-1-5-13(15)14-6-2-4-8-16(14)17/h1-8,12,17-18H,9-11H2,(H,26,27)/t12?,18-/m0/s1. The zero-order valence-electron chi connectivity index (χ0n) is 15.2. The molecule has 2 aromatic carbocycles. The number of carboxylic acids is 1. The van der Waals surface area contributed by atoms with E-state index >= 15 is 0 Å². The molecule has 1 unspecified atom stereocenters. The van der Waals surface area contributed by atoms with Gasteiger partial charge in [-0.1, -0.05) is 48.5 Å². The SMILES string of the molecule is O=C(O)[C@@H]1CC(C(F)(F)F)CN1C(=O)OCC1c2ccccc2-c2ccccc21. The van der Waals surface area contributed by atoms with Gasteiger partial charge >= 0.3 is 18.2 Å². The van der Waals surface area contributed by atoms with Crippen LogP contribution in [0.3, 0.4) is 0 Å². The molecule has 29 heavy (non-hydrogen) atoms. The zero-order valence-corrected chi connectivity index (χ0v) is 15.2. The van der Waals surface area contributed by atoms with Crippen LogP contribution in [-0.2, 0) is 9.53 Å². The minimum Gasteiger partial charge on any atom is -0.480 e. The number of benzene rings is 2. The Morgan fingerprint density at radius 1 is 1.03 bits per heavy atom. The van der Waals surface area contributed by atoms with Gasteiger partial charge < -0.3 is 9.84 Å². The Labute approximate surface area is 164 Å². The fourth-order valence-corrected chi connectivity index (χ4v) is 4.19. The molecule has 2 atom stereocenters. The zero-order chi connectivity index (χ0) is 20.8. The number of alkyl halides is 3. The van der Waals surface area contributed by atoms with E-state index in [1.807, 2.05) is 48.5 Å². The number of nitrogens with zero attached hydrogens (tertiary/aromatic N) is 1. The first-order valence-corrected chi connectivity index (χ1v) is 9.18. The predicted octanol–water partition coefficient (Wildman–Crippen LogP) is 4.27. The molecule has 0 saturated carbocycles. The first-order chi connectivity index (χ1) is 13.8. The topological polar surface area (TPSA) is 66.8 Å². The molecule has 8 heteroatoms. The maximum absolute atomic E-state index is 13.0. The lowest BCUT2D eigenvalue weighted by molar-refractivity contribution is -0.170. The van der Waals surface area contributed by atoms with Crippen LogP contribution in [0.5, 0.6) is 0 Å². The van der Waals surface area contributed by atoms with Gasteiger partial charge in [-0.05, 0) is 28.7 Å². The largest absolute Gasteiger partial charge is 0.480 e. The van der Waals surface area contributed by atoms with E-state index in [0.29, 0.717) is 4.90 Å². The minimum atomic E-state index is -4.56. The van der Waals surface area contributed by atoms with E-state index in [1.54, 1.807) is 0 Å². The number of amides is 1. The van der Waals surface area contributed by atoms with Crippen LogP contribution in [0, 0.1) is 5.92 Å². The Hall–Kier alpha value is -3.03. The first-order valence-electron chi connectivity index (χ1n) is 9.18. The van der Waals surface area contributed by atoms with Crippen LogP contribution in [0.1, 0.15) is 23.5 Å². The molecule has 0 spiro atoms. The minimum absolute atomic E-state index is 0.0770. The van der Waals surface area contributed by atoms with Gasteiger partial charge in [-0.15, -0.1) is 0 Å². The number of rotatable bonds is 3. The normalized spacial score (nSPS) is 21.0. The highest BCUT2D eigenvalue weighted by Crippen LogP contribution is 2.44. The van der Waals surface area contributed by atoms with E-state index in [4.69, 9.17) is 4.74 Å². The molecule has 152 valence electrons. The number of carboxylic acid groups (broad SMARTS) is 1. The number of hydrogen-bond donors (Lipinski definition) is 1. The van der Waals surface area contributed by atoms with Crippen LogP contribution in [0.4, 0.5) is 18.0 Å². The molecule has 5 nitrogen and oxygen atoms in total. The second-order valence-corrected chi connectivity index (χ2v) is 7.28. The van der Waals surface area contributed by atoms with Crippen molar-refractivity contribution < 1.29 is 32.6 Å². The van der Waals surface area contributed by atoms with Crippen LogP contribution in [0.2, 0.25) is 0 Å². The van der Waals surface area contributed by atoms with Gasteiger partial charge in [0.25, 0.3) is 0 Å². The van der Waals surface area contributed by atoms with Gasteiger partial charge in [-0.25, -0.2) is 9.59 Å². The van der Waals surface area contributed by atoms with Crippen LogP contribution in [0.15, 0.2) is 48.5 Å². The van der Waals surface area contributed by atoms with Crippen molar-refractivity contribution in [3.8, 4) is 11.1 Å². The van der Waals surface area contributed by atoms with Gasteiger partial charge in [0, 0.05) is 12.5 Å². The summed E-state index contributed by atoms with van der Waals surface area (Å²) in [5, 5.41) is 9.24. The quantitative estimate of drug-likeness (QED) is 0.828. The average Bonchev–Trinajstić information content (AvgIpc) is 3.27. The number of aliphatic carboxylic acids is 1. The molecule has 1 heterocycles.